The van der Waals surface area contributed by atoms with E-state index in [9.17, 15) is 0 Å². The van der Waals surface area contributed by atoms with Crippen molar-refractivity contribution in [1.29, 1.82) is 0 Å². The number of hydrogen-bond acceptors (Lipinski definition) is 2. The van der Waals surface area contributed by atoms with Crippen LogP contribution in [0.3, 0.4) is 0 Å². The summed E-state index contributed by atoms with van der Waals surface area (Å²) in [6.07, 6.45) is 0.990. The van der Waals surface area contributed by atoms with Crippen molar-refractivity contribution in [2.45, 2.75) is 20.3 Å². The Hall–Kier alpha value is -1.83. The number of rotatable bonds is 4. The lowest BCUT2D eigenvalue weighted by molar-refractivity contribution is 0.211. The Morgan fingerprint density at radius 2 is 1.89 bits per heavy atom. The monoisotopic (exact) mass is 241 g/mol. The Kier molecular flexibility index (Phi) is 3.98. The molecule has 0 fully saturated rings. The van der Waals surface area contributed by atoms with E-state index in [4.69, 9.17) is 4.84 Å². The molecule has 0 aliphatic heterocycles. The second-order valence-corrected chi connectivity index (χ2v) is 4.70. The summed E-state index contributed by atoms with van der Waals surface area (Å²) in [4.78, 5) is 4.82. The van der Waals surface area contributed by atoms with E-state index in [0.717, 1.165) is 12.1 Å². The fourth-order valence-corrected chi connectivity index (χ4v) is 2.10. The second-order valence-electron chi connectivity index (χ2n) is 4.70. The summed E-state index contributed by atoms with van der Waals surface area (Å²) in [7, 11) is 1.59. The van der Waals surface area contributed by atoms with Crippen molar-refractivity contribution in [1.82, 2.24) is 0 Å². The zero-order valence-electron chi connectivity index (χ0n) is 11.2. The predicted molar refractivity (Wildman–Crippen MR) is 76.9 cm³/mol. The van der Waals surface area contributed by atoms with Gasteiger partial charge in [0.25, 0.3) is 0 Å². The first kappa shape index (κ1) is 12.6. The number of oxime groups is 1. The molecule has 0 N–H and O–H groups in total. The average Bonchev–Trinajstić information content (AvgIpc) is 2.39. The lowest BCUT2D eigenvalue weighted by atomic mass is 9.96. The molecule has 2 heteroatoms. The molecular formula is C16H19NO. The van der Waals surface area contributed by atoms with Gasteiger partial charge in [-0.3, -0.25) is 0 Å². The Morgan fingerprint density at radius 3 is 2.61 bits per heavy atom. The van der Waals surface area contributed by atoms with Crippen molar-refractivity contribution in [3.63, 3.8) is 0 Å². The first-order valence-electron chi connectivity index (χ1n) is 6.26. The maximum absolute atomic E-state index is 4.82. The van der Waals surface area contributed by atoms with Gasteiger partial charge in [0.2, 0.25) is 0 Å². The molecule has 0 amide bonds. The predicted octanol–water partition coefficient (Wildman–Crippen LogP) is 4.04. The van der Waals surface area contributed by atoms with Gasteiger partial charge >= 0.3 is 0 Å². The molecule has 0 aliphatic carbocycles. The van der Waals surface area contributed by atoms with Gasteiger partial charge in [-0.05, 0) is 29.7 Å². The molecule has 0 aromatic heterocycles. The van der Waals surface area contributed by atoms with Gasteiger partial charge in [0.15, 0.2) is 0 Å². The number of benzene rings is 2. The standard InChI is InChI=1S/C16H19NO/c1-12(13(2)17-18-3)10-14-8-9-15-6-4-5-7-16(15)11-14/h4-9,11-12H,10H2,1-3H3/b17-13+/t12-/m0/s1. The van der Waals surface area contributed by atoms with Gasteiger partial charge in [-0.15, -0.1) is 0 Å². The highest BCUT2D eigenvalue weighted by Crippen LogP contribution is 2.18. The number of nitrogens with zero attached hydrogens (tertiary/aromatic N) is 1. The van der Waals surface area contributed by atoms with Gasteiger partial charge in [-0.25, -0.2) is 0 Å². The zero-order valence-corrected chi connectivity index (χ0v) is 11.2. The number of hydrogen-bond donors (Lipinski definition) is 0. The van der Waals surface area contributed by atoms with Crippen molar-refractivity contribution in [3.05, 3.63) is 48.0 Å². The molecule has 0 bridgehead atoms. The van der Waals surface area contributed by atoms with Gasteiger partial charge in [0, 0.05) is 5.92 Å². The van der Waals surface area contributed by atoms with Crippen LogP contribution in [-0.2, 0) is 11.3 Å². The molecular weight excluding hydrogens is 222 g/mol. The van der Waals surface area contributed by atoms with Crippen LogP contribution in [0, 0.1) is 5.92 Å². The third-order valence-corrected chi connectivity index (χ3v) is 3.30. The van der Waals surface area contributed by atoms with Crippen molar-refractivity contribution in [2.24, 2.45) is 11.1 Å². The van der Waals surface area contributed by atoms with Gasteiger partial charge in [-0.1, -0.05) is 54.5 Å². The minimum atomic E-state index is 0.395. The van der Waals surface area contributed by atoms with Gasteiger partial charge in [0.05, 0.1) is 5.71 Å². The van der Waals surface area contributed by atoms with Crippen molar-refractivity contribution in [2.75, 3.05) is 7.11 Å². The largest absolute Gasteiger partial charge is 0.399 e. The van der Waals surface area contributed by atoms with E-state index in [2.05, 4.69) is 54.5 Å². The highest BCUT2D eigenvalue weighted by Gasteiger charge is 2.08. The summed E-state index contributed by atoms with van der Waals surface area (Å²) in [5, 5.41) is 6.58. The minimum Gasteiger partial charge on any atom is -0.399 e. The second kappa shape index (κ2) is 5.67. The third-order valence-electron chi connectivity index (χ3n) is 3.30. The van der Waals surface area contributed by atoms with E-state index in [0.29, 0.717) is 5.92 Å². The third kappa shape index (κ3) is 2.89. The van der Waals surface area contributed by atoms with Gasteiger partial charge < -0.3 is 4.84 Å². The normalized spacial score (nSPS) is 13.6. The maximum atomic E-state index is 4.82. The van der Waals surface area contributed by atoms with Crippen molar-refractivity contribution >= 4 is 16.5 Å². The summed E-state index contributed by atoms with van der Waals surface area (Å²) in [6, 6.07) is 15.1. The first-order chi connectivity index (χ1) is 8.70. The fourth-order valence-electron chi connectivity index (χ4n) is 2.10. The van der Waals surface area contributed by atoms with Crippen LogP contribution in [0.2, 0.25) is 0 Å². The van der Waals surface area contributed by atoms with Crippen LogP contribution in [0.4, 0.5) is 0 Å². The van der Waals surface area contributed by atoms with E-state index in [1.165, 1.54) is 16.3 Å². The van der Waals surface area contributed by atoms with E-state index < -0.39 is 0 Å². The molecule has 0 radical (unpaired) electrons. The molecule has 1 atom stereocenters. The highest BCUT2D eigenvalue weighted by atomic mass is 16.6. The molecule has 94 valence electrons. The molecule has 0 aliphatic rings. The van der Waals surface area contributed by atoms with Crippen LogP contribution in [0.15, 0.2) is 47.6 Å². The van der Waals surface area contributed by atoms with Crippen LogP contribution < -0.4 is 0 Å². The first-order valence-corrected chi connectivity index (χ1v) is 6.26. The molecule has 0 saturated heterocycles. The van der Waals surface area contributed by atoms with E-state index >= 15 is 0 Å². The van der Waals surface area contributed by atoms with Crippen LogP contribution in [0.1, 0.15) is 19.4 Å². The Balaban J connectivity index is 2.19. The summed E-state index contributed by atoms with van der Waals surface area (Å²) >= 11 is 0. The number of fused-ring (bicyclic) bond motifs is 1. The van der Waals surface area contributed by atoms with E-state index in [-0.39, 0.29) is 0 Å². The van der Waals surface area contributed by atoms with Crippen LogP contribution in [0.25, 0.3) is 10.8 Å². The summed E-state index contributed by atoms with van der Waals surface area (Å²) in [6.45, 7) is 4.18. The van der Waals surface area contributed by atoms with E-state index in [1.54, 1.807) is 7.11 Å². The molecule has 2 aromatic rings. The lowest BCUT2D eigenvalue weighted by Gasteiger charge is -2.11. The van der Waals surface area contributed by atoms with E-state index in [1.807, 2.05) is 6.92 Å². The molecule has 2 aromatic carbocycles. The molecule has 18 heavy (non-hydrogen) atoms. The fraction of sp³-hybridized carbons (Fsp3) is 0.312. The zero-order chi connectivity index (χ0) is 13.0. The van der Waals surface area contributed by atoms with Crippen molar-refractivity contribution in [3.8, 4) is 0 Å². The molecule has 0 saturated carbocycles. The molecule has 2 nitrogen and oxygen atoms in total. The van der Waals surface area contributed by atoms with Crippen LogP contribution >= 0.6 is 0 Å². The average molecular weight is 241 g/mol. The smallest absolute Gasteiger partial charge is 0.106 e. The van der Waals surface area contributed by atoms with Gasteiger partial charge in [0.1, 0.15) is 7.11 Å². The lowest BCUT2D eigenvalue weighted by Crippen LogP contribution is -2.10. The Bertz CT molecular complexity index is 560. The van der Waals surface area contributed by atoms with Crippen LogP contribution in [0.5, 0.6) is 0 Å². The summed E-state index contributed by atoms with van der Waals surface area (Å²) in [5.41, 5.74) is 2.37. The summed E-state index contributed by atoms with van der Waals surface area (Å²) < 4.78 is 0. The molecule has 0 heterocycles. The maximum Gasteiger partial charge on any atom is 0.106 e. The molecule has 2 rings (SSSR count). The molecule has 0 unspecified atom stereocenters. The molecule has 0 spiro atoms. The highest BCUT2D eigenvalue weighted by molar-refractivity contribution is 5.85. The topological polar surface area (TPSA) is 21.6 Å². The quantitative estimate of drug-likeness (QED) is 0.584. The Labute approximate surface area is 108 Å². The minimum absolute atomic E-state index is 0.395. The Morgan fingerprint density at radius 1 is 1.17 bits per heavy atom. The summed E-state index contributed by atoms with van der Waals surface area (Å²) in [5.74, 6) is 0.395. The van der Waals surface area contributed by atoms with Crippen molar-refractivity contribution < 1.29 is 4.84 Å². The van der Waals surface area contributed by atoms with Gasteiger partial charge in [-0.2, -0.15) is 0 Å². The SMILES string of the molecule is CO/N=C(\C)[C@@H](C)Cc1ccc2ccccc2c1. The van der Waals surface area contributed by atoms with Crippen LogP contribution in [-0.4, -0.2) is 12.8 Å².